The van der Waals surface area contributed by atoms with Gasteiger partial charge in [-0.2, -0.15) is 5.10 Å². The van der Waals surface area contributed by atoms with Gasteiger partial charge in [-0.05, 0) is 78.4 Å². The quantitative estimate of drug-likeness (QED) is 0.440. The number of rotatable bonds is 8. The van der Waals surface area contributed by atoms with Crippen molar-refractivity contribution in [3.05, 3.63) is 33.6 Å². The molecule has 36 heavy (non-hydrogen) atoms. The Morgan fingerprint density at radius 2 is 1.92 bits per heavy atom. The molecule has 1 N–H and O–H groups in total. The summed E-state index contributed by atoms with van der Waals surface area (Å²) in [5.41, 5.74) is 1.01. The highest BCUT2D eigenvalue weighted by Crippen LogP contribution is 2.36. The van der Waals surface area contributed by atoms with Gasteiger partial charge in [0.25, 0.3) is 0 Å². The number of aryl methyl sites for hydroxylation is 1. The number of aromatic nitrogens is 2. The van der Waals surface area contributed by atoms with Gasteiger partial charge >= 0.3 is 5.97 Å². The van der Waals surface area contributed by atoms with Crippen LogP contribution in [0.25, 0.3) is 0 Å². The van der Waals surface area contributed by atoms with Crippen LogP contribution >= 0.6 is 11.3 Å². The van der Waals surface area contributed by atoms with Gasteiger partial charge in [0, 0.05) is 29.9 Å². The Hall–Kier alpha value is -2.92. The van der Waals surface area contributed by atoms with Crippen LogP contribution in [0.3, 0.4) is 0 Å². The molecule has 2 aromatic rings. The van der Waals surface area contributed by atoms with Gasteiger partial charge in [-0.3, -0.25) is 4.79 Å². The molecule has 0 unspecified atom stereocenters. The molecule has 1 fully saturated rings. The molecule has 1 saturated carbocycles. The van der Waals surface area contributed by atoms with Crippen molar-refractivity contribution in [3.63, 3.8) is 0 Å². The van der Waals surface area contributed by atoms with Crippen molar-refractivity contribution >= 4 is 28.9 Å². The van der Waals surface area contributed by atoms with Crippen molar-refractivity contribution in [2.75, 3.05) is 11.5 Å². The van der Waals surface area contributed by atoms with Crippen molar-refractivity contribution in [2.45, 2.75) is 79.7 Å². The van der Waals surface area contributed by atoms with Crippen molar-refractivity contribution < 1.29 is 19.4 Å². The Bertz CT molecular complexity index is 1120. The van der Waals surface area contributed by atoms with Crippen LogP contribution in [0.2, 0.25) is 0 Å². The summed E-state index contributed by atoms with van der Waals surface area (Å²) in [4.78, 5) is 28.5. The number of amides is 1. The molecule has 0 aromatic carbocycles. The SMILES string of the molecule is Cc1ccc(OCC[C@H](C)N(c2cc(C#CC(C)(C)C)sc2C(=O)O)C(=O)[C@H]2CC[C@H](C)CC2)nn1. The number of nitrogens with zero attached hydrogens (tertiary/aromatic N) is 3. The number of aromatic carboxylic acids is 1. The number of carboxylic acids is 1. The fourth-order valence-electron chi connectivity index (χ4n) is 4.23. The topological polar surface area (TPSA) is 92.6 Å². The Kier molecular flexibility index (Phi) is 9.13. The predicted molar refractivity (Wildman–Crippen MR) is 143 cm³/mol. The average molecular weight is 512 g/mol. The maximum atomic E-state index is 13.9. The first-order valence-electron chi connectivity index (χ1n) is 12.6. The molecule has 2 aromatic heterocycles. The van der Waals surface area contributed by atoms with Gasteiger partial charge < -0.3 is 14.7 Å². The molecular formula is C28H37N3O4S. The molecule has 1 amide bonds. The smallest absolute Gasteiger partial charge is 0.348 e. The molecule has 194 valence electrons. The summed E-state index contributed by atoms with van der Waals surface area (Å²) in [5.74, 6) is 6.14. The Balaban J connectivity index is 1.89. The van der Waals surface area contributed by atoms with Crippen LogP contribution in [0.5, 0.6) is 5.88 Å². The number of anilines is 1. The van der Waals surface area contributed by atoms with Gasteiger partial charge in [0.1, 0.15) is 4.88 Å². The number of carbonyl (C=O) groups is 2. The molecule has 1 aliphatic carbocycles. The van der Waals surface area contributed by atoms with E-state index in [9.17, 15) is 14.7 Å². The minimum Gasteiger partial charge on any atom is -0.477 e. The first-order valence-corrected chi connectivity index (χ1v) is 13.4. The van der Waals surface area contributed by atoms with Crippen LogP contribution < -0.4 is 9.64 Å². The molecule has 0 spiro atoms. The van der Waals surface area contributed by atoms with E-state index in [1.54, 1.807) is 17.0 Å². The molecule has 0 saturated heterocycles. The van der Waals surface area contributed by atoms with Crippen molar-refractivity contribution in [2.24, 2.45) is 17.3 Å². The number of ether oxygens (including phenoxy) is 1. The van der Waals surface area contributed by atoms with E-state index in [2.05, 4.69) is 29.0 Å². The zero-order valence-electron chi connectivity index (χ0n) is 22.1. The minimum atomic E-state index is -1.05. The summed E-state index contributed by atoms with van der Waals surface area (Å²) in [7, 11) is 0. The number of hydrogen-bond acceptors (Lipinski definition) is 6. The number of hydrogen-bond donors (Lipinski definition) is 1. The van der Waals surface area contributed by atoms with Crippen LogP contribution in [0.4, 0.5) is 5.69 Å². The molecule has 1 atom stereocenters. The highest BCUT2D eigenvalue weighted by molar-refractivity contribution is 7.15. The lowest BCUT2D eigenvalue weighted by molar-refractivity contribution is -0.124. The van der Waals surface area contributed by atoms with Gasteiger partial charge in [0.2, 0.25) is 11.8 Å². The maximum absolute atomic E-state index is 13.9. The summed E-state index contributed by atoms with van der Waals surface area (Å²) in [6.07, 6.45) is 4.17. The summed E-state index contributed by atoms with van der Waals surface area (Å²) in [6, 6.07) is 5.09. The summed E-state index contributed by atoms with van der Waals surface area (Å²) in [5, 5.41) is 18.0. The number of carboxylic acid groups (broad SMARTS) is 1. The van der Waals surface area contributed by atoms with E-state index in [0.29, 0.717) is 35.4 Å². The molecular weight excluding hydrogens is 474 g/mol. The lowest BCUT2D eigenvalue weighted by Gasteiger charge is -2.34. The first-order chi connectivity index (χ1) is 16.9. The van der Waals surface area contributed by atoms with Crippen LogP contribution in [0.15, 0.2) is 18.2 Å². The van der Waals surface area contributed by atoms with Crippen molar-refractivity contribution in [1.29, 1.82) is 0 Å². The van der Waals surface area contributed by atoms with Crippen LogP contribution in [-0.4, -0.2) is 39.8 Å². The number of carbonyl (C=O) groups excluding carboxylic acids is 1. The highest BCUT2D eigenvalue weighted by atomic mass is 32.1. The van der Waals surface area contributed by atoms with Gasteiger partial charge in [-0.15, -0.1) is 16.4 Å². The monoisotopic (exact) mass is 511 g/mol. The van der Waals surface area contributed by atoms with Gasteiger partial charge in [0.05, 0.1) is 22.9 Å². The normalized spacial score (nSPS) is 18.6. The third kappa shape index (κ3) is 7.54. The van der Waals surface area contributed by atoms with Gasteiger partial charge in [0.15, 0.2) is 0 Å². The fourth-order valence-corrected chi connectivity index (χ4v) is 5.07. The molecule has 3 rings (SSSR count). The minimum absolute atomic E-state index is 0.0137. The van der Waals surface area contributed by atoms with E-state index < -0.39 is 5.97 Å². The summed E-state index contributed by atoms with van der Waals surface area (Å²) < 4.78 is 5.77. The Morgan fingerprint density at radius 3 is 2.50 bits per heavy atom. The maximum Gasteiger partial charge on any atom is 0.348 e. The zero-order valence-corrected chi connectivity index (χ0v) is 22.9. The largest absolute Gasteiger partial charge is 0.477 e. The second-order valence-corrected chi connectivity index (χ2v) is 11.8. The summed E-state index contributed by atoms with van der Waals surface area (Å²) >= 11 is 1.12. The van der Waals surface area contributed by atoms with Crippen LogP contribution in [0.1, 0.15) is 87.0 Å². The van der Waals surface area contributed by atoms with Gasteiger partial charge in [-0.25, -0.2) is 4.79 Å². The van der Waals surface area contributed by atoms with E-state index >= 15 is 0 Å². The molecule has 1 aliphatic rings. The first kappa shape index (κ1) is 27.7. The average Bonchev–Trinajstić information content (AvgIpc) is 3.23. The standard InChI is InChI=1S/C28H37N3O4S/c1-18-7-10-21(11-8-18)26(32)31(20(3)14-16-35-24-12-9-19(2)29-30-24)23-17-22(13-15-28(4,5)6)36-25(23)27(33)34/h9,12,17-18,20-21H,7-8,10-11,14,16H2,1-6H3,(H,33,34)/t18-,20-,21-/m0/s1. The van der Waals surface area contributed by atoms with E-state index in [4.69, 9.17) is 4.74 Å². The van der Waals surface area contributed by atoms with Crippen molar-refractivity contribution in [1.82, 2.24) is 10.2 Å². The van der Waals surface area contributed by atoms with Crippen LogP contribution in [0, 0.1) is 36.0 Å². The number of thiophene rings is 1. The second kappa shape index (κ2) is 11.9. The second-order valence-electron chi connectivity index (χ2n) is 10.8. The van der Waals surface area contributed by atoms with Gasteiger partial charge in [-0.1, -0.05) is 18.8 Å². The summed E-state index contributed by atoms with van der Waals surface area (Å²) in [6.45, 7) is 12.4. The Labute approximate surface area is 218 Å². The van der Waals surface area contributed by atoms with Crippen LogP contribution in [-0.2, 0) is 4.79 Å². The van der Waals surface area contributed by atoms with E-state index in [-0.39, 0.29) is 28.2 Å². The third-order valence-corrected chi connectivity index (χ3v) is 7.36. The molecule has 0 aliphatic heterocycles. The van der Waals surface area contributed by atoms with Crippen molar-refractivity contribution in [3.8, 4) is 17.7 Å². The molecule has 7 nitrogen and oxygen atoms in total. The van der Waals surface area contributed by atoms with E-state index in [0.717, 1.165) is 42.7 Å². The van der Waals surface area contributed by atoms with E-state index in [1.165, 1.54) is 0 Å². The predicted octanol–water partition coefficient (Wildman–Crippen LogP) is 5.96. The Morgan fingerprint density at radius 1 is 1.22 bits per heavy atom. The zero-order chi connectivity index (χ0) is 26.5. The molecule has 8 heteroatoms. The molecule has 0 bridgehead atoms. The molecule has 0 radical (unpaired) electrons. The van der Waals surface area contributed by atoms with E-state index in [1.807, 2.05) is 40.7 Å². The lowest BCUT2D eigenvalue weighted by atomic mass is 9.82. The lowest BCUT2D eigenvalue weighted by Crippen LogP contribution is -2.44. The fraction of sp³-hybridized carbons (Fsp3) is 0.571. The highest BCUT2D eigenvalue weighted by Gasteiger charge is 2.34. The molecule has 2 heterocycles. The third-order valence-electron chi connectivity index (χ3n) is 6.33.